The van der Waals surface area contributed by atoms with Gasteiger partial charge in [-0.3, -0.25) is 9.78 Å². The van der Waals surface area contributed by atoms with E-state index in [2.05, 4.69) is 19.7 Å². The molecule has 0 amide bonds. The average molecular weight is 319 g/mol. The molecule has 3 aromatic rings. The molecule has 2 aromatic heterocycles. The van der Waals surface area contributed by atoms with Crippen molar-refractivity contribution in [1.82, 2.24) is 15.0 Å². The highest BCUT2D eigenvalue weighted by molar-refractivity contribution is 5.83. The number of aromatic nitrogens is 3. The van der Waals surface area contributed by atoms with Gasteiger partial charge in [-0.2, -0.15) is 8.78 Å². The van der Waals surface area contributed by atoms with Gasteiger partial charge in [0.2, 0.25) is 0 Å². The summed E-state index contributed by atoms with van der Waals surface area (Å²) in [5, 5.41) is 0.197. The van der Waals surface area contributed by atoms with E-state index in [-0.39, 0.29) is 28.2 Å². The Morgan fingerprint density at radius 3 is 2.70 bits per heavy atom. The van der Waals surface area contributed by atoms with Crippen LogP contribution >= 0.6 is 0 Å². The molecule has 118 valence electrons. The minimum Gasteiger partial charge on any atom is -0.493 e. The summed E-state index contributed by atoms with van der Waals surface area (Å²) in [6, 6.07) is 7.68. The Morgan fingerprint density at radius 2 is 2.04 bits per heavy atom. The second kappa shape index (κ2) is 5.99. The third-order valence-corrected chi connectivity index (χ3v) is 3.11. The van der Waals surface area contributed by atoms with Gasteiger partial charge in [0.25, 0.3) is 5.56 Å². The summed E-state index contributed by atoms with van der Waals surface area (Å²) in [6.45, 7) is -3.02. The van der Waals surface area contributed by atoms with Gasteiger partial charge in [0, 0.05) is 12.3 Å². The van der Waals surface area contributed by atoms with E-state index in [1.807, 2.05) is 0 Å². The van der Waals surface area contributed by atoms with E-state index in [9.17, 15) is 13.6 Å². The van der Waals surface area contributed by atoms with Crippen molar-refractivity contribution in [2.75, 3.05) is 7.11 Å². The molecule has 8 heteroatoms. The molecule has 3 rings (SSSR count). The zero-order valence-electron chi connectivity index (χ0n) is 11.9. The Hall–Kier alpha value is -3.03. The number of methoxy groups -OCH3 is 1. The van der Waals surface area contributed by atoms with Gasteiger partial charge in [0.1, 0.15) is 5.69 Å². The van der Waals surface area contributed by atoms with E-state index in [4.69, 9.17) is 4.74 Å². The minimum absolute atomic E-state index is 0.0238. The van der Waals surface area contributed by atoms with Crippen molar-refractivity contribution >= 4 is 10.9 Å². The first-order valence-electron chi connectivity index (χ1n) is 6.57. The van der Waals surface area contributed by atoms with Crippen molar-refractivity contribution in [1.29, 1.82) is 0 Å². The van der Waals surface area contributed by atoms with Crippen LogP contribution in [-0.4, -0.2) is 28.7 Å². The third kappa shape index (κ3) is 2.96. The van der Waals surface area contributed by atoms with E-state index in [0.29, 0.717) is 5.69 Å². The first-order chi connectivity index (χ1) is 11.1. The molecule has 0 bridgehead atoms. The SMILES string of the molecule is COc1cc2c(=O)[nH]c(-c3ccccn3)nc2cc1OC(F)F. The number of hydrogen-bond acceptors (Lipinski definition) is 5. The minimum atomic E-state index is -3.02. The van der Waals surface area contributed by atoms with Gasteiger partial charge in [0.05, 0.1) is 18.0 Å². The number of nitrogens with zero attached hydrogens (tertiary/aromatic N) is 2. The highest BCUT2D eigenvalue weighted by Gasteiger charge is 2.15. The molecule has 1 N–H and O–H groups in total. The number of halogens is 2. The smallest absolute Gasteiger partial charge is 0.387 e. The van der Waals surface area contributed by atoms with Gasteiger partial charge in [-0.05, 0) is 18.2 Å². The molecule has 0 spiro atoms. The molecule has 23 heavy (non-hydrogen) atoms. The zero-order chi connectivity index (χ0) is 16.4. The summed E-state index contributed by atoms with van der Waals surface area (Å²) < 4.78 is 34.3. The van der Waals surface area contributed by atoms with Gasteiger partial charge in [-0.15, -0.1) is 0 Å². The number of aromatic amines is 1. The lowest BCUT2D eigenvalue weighted by Gasteiger charge is -2.11. The summed E-state index contributed by atoms with van der Waals surface area (Å²) in [5.74, 6) is 0.0621. The van der Waals surface area contributed by atoms with Crippen molar-refractivity contribution < 1.29 is 18.3 Å². The highest BCUT2D eigenvalue weighted by Crippen LogP contribution is 2.32. The fourth-order valence-electron chi connectivity index (χ4n) is 2.12. The number of alkyl halides is 2. The molecule has 0 saturated carbocycles. The standard InChI is InChI=1S/C15H11F2N3O3/c1-22-11-6-8-10(7-12(11)23-15(16)17)19-13(20-14(8)21)9-4-2-3-5-18-9/h2-7,15H,1H3,(H,19,20,21). The monoisotopic (exact) mass is 319 g/mol. The molecule has 0 saturated heterocycles. The molecule has 0 aliphatic rings. The molecule has 0 atom stereocenters. The lowest BCUT2D eigenvalue weighted by molar-refractivity contribution is -0.0511. The number of fused-ring (bicyclic) bond motifs is 1. The fraction of sp³-hybridized carbons (Fsp3) is 0.133. The molecule has 2 heterocycles. The van der Waals surface area contributed by atoms with Crippen LogP contribution in [0.2, 0.25) is 0 Å². The van der Waals surface area contributed by atoms with Gasteiger partial charge in [0.15, 0.2) is 17.3 Å². The molecule has 0 aliphatic carbocycles. The Kier molecular flexibility index (Phi) is 3.88. The third-order valence-electron chi connectivity index (χ3n) is 3.11. The second-order valence-corrected chi connectivity index (χ2v) is 4.53. The fourth-order valence-corrected chi connectivity index (χ4v) is 2.12. The van der Waals surface area contributed by atoms with E-state index in [0.717, 1.165) is 0 Å². The number of rotatable bonds is 4. The summed E-state index contributed by atoms with van der Waals surface area (Å²) in [6.07, 6.45) is 1.55. The number of pyridine rings is 1. The topological polar surface area (TPSA) is 77.1 Å². The Morgan fingerprint density at radius 1 is 1.22 bits per heavy atom. The average Bonchev–Trinajstić information content (AvgIpc) is 2.54. The predicted octanol–water partition coefficient (Wildman–Crippen LogP) is 2.60. The van der Waals surface area contributed by atoms with Crippen LogP contribution in [0.25, 0.3) is 22.4 Å². The molecular formula is C15H11F2N3O3. The van der Waals surface area contributed by atoms with Gasteiger partial charge in [-0.1, -0.05) is 6.07 Å². The Labute approximate surface area is 128 Å². The number of benzene rings is 1. The van der Waals surface area contributed by atoms with Crippen LogP contribution in [0.1, 0.15) is 0 Å². The summed E-state index contributed by atoms with van der Waals surface area (Å²) >= 11 is 0. The number of nitrogens with one attached hydrogen (secondary N) is 1. The normalized spacial score (nSPS) is 11.0. The van der Waals surface area contributed by atoms with Crippen LogP contribution in [0.3, 0.4) is 0 Å². The first-order valence-corrected chi connectivity index (χ1v) is 6.57. The molecule has 0 radical (unpaired) electrons. The van der Waals surface area contributed by atoms with Gasteiger partial charge >= 0.3 is 6.61 Å². The van der Waals surface area contributed by atoms with Crippen molar-refractivity contribution in [3.05, 3.63) is 46.9 Å². The summed E-state index contributed by atoms with van der Waals surface area (Å²) in [7, 11) is 1.30. The zero-order valence-corrected chi connectivity index (χ0v) is 11.9. The molecule has 0 aliphatic heterocycles. The van der Waals surface area contributed by atoms with Crippen LogP contribution in [0.5, 0.6) is 11.5 Å². The number of ether oxygens (including phenoxy) is 2. The van der Waals surface area contributed by atoms with Gasteiger partial charge < -0.3 is 14.5 Å². The molecule has 0 fully saturated rings. The van der Waals surface area contributed by atoms with Gasteiger partial charge in [-0.25, -0.2) is 4.98 Å². The predicted molar refractivity (Wildman–Crippen MR) is 78.8 cm³/mol. The van der Waals surface area contributed by atoms with Crippen LogP contribution in [-0.2, 0) is 0 Å². The van der Waals surface area contributed by atoms with Crippen molar-refractivity contribution in [2.24, 2.45) is 0 Å². The maximum absolute atomic E-state index is 12.5. The largest absolute Gasteiger partial charge is 0.493 e. The van der Waals surface area contributed by atoms with Crippen LogP contribution in [0, 0.1) is 0 Å². The highest BCUT2D eigenvalue weighted by atomic mass is 19.3. The van der Waals surface area contributed by atoms with E-state index in [1.165, 1.54) is 19.2 Å². The number of hydrogen-bond donors (Lipinski definition) is 1. The van der Waals surface area contributed by atoms with Crippen LogP contribution in [0.4, 0.5) is 8.78 Å². The Bertz CT molecular complexity index is 898. The lowest BCUT2D eigenvalue weighted by Crippen LogP contribution is -2.11. The van der Waals surface area contributed by atoms with Crippen LogP contribution in [0.15, 0.2) is 41.3 Å². The van der Waals surface area contributed by atoms with Crippen molar-refractivity contribution in [3.63, 3.8) is 0 Å². The lowest BCUT2D eigenvalue weighted by atomic mass is 10.2. The quantitative estimate of drug-likeness (QED) is 0.800. The summed E-state index contributed by atoms with van der Waals surface area (Å²) in [5.41, 5.74) is 0.224. The summed E-state index contributed by atoms with van der Waals surface area (Å²) in [4.78, 5) is 23.2. The first kappa shape index (κ1) is 14.9. The maximum Gasteiger partial charge on any atom is 0.387 e. The van der Waals surface area contributed by atoms with E-state index in [1.54, 1.807) is 24.4 Å². The molecular weight excluding hydrogens is 308 g/mol. The van der Waals surface area contributed by atoms with Crippen molar-refractivity contribution in [2.45, 2.75) is 6.61 Å². The molecule has 0 unspecified atom stereocenters. The maximum atomic E-state index is 12.5. The molecule has 6 nitrogen and oxygen atoms in total. The van der Waals surface area contributed by atoms with Crippen LogP contribution < -0.4 is 15.0 Å². The van der Waals surface area contributed by atoms with E-state index >= 15 is 0 Å². The second-order valence-electron chi connectivity index (χ2n) is 4.53. The molecule has 1 aromatic carbocycles. The Balaban J connectivity index is 2.21. The number of H-pyrrole nitrogens is 1. The van der Waals surface area contributed by atoms with Crippen molar-refractivity contribution in [3.8, 4) is 23.0 Å². The van der Waals surface area contributed by atoms with E-state index < -0.39 is 12.2 Å².